The predicted molar refractivity (Wildman–Crippen MR) is 139 cm³/mol. The summed E-state index contributed by atoms with van der Waals surface area (Å²) in [5, 5.41) is 9.98. The van der Waals surface area contributed by atoms with Gasteiger partial charge in [-0.2, -0.15) is 37.9 Å². The SMILES string of the molecule is CCCCCCCCC=CCCCCCC(CCS)C(CCS)(CCS)C(=O)O. The number of carboxylic acid groups (broad SMARTS) is 1. The Morgan fingerprint density at radius 2 is 1.31 bits per heavy atom. The molecule has 1 unspecified atom stereocenters. The van der Waals surface area contributed by atoms with Crippen molar-refractivity contribution in [2.24, 2.45) is 11.3 Å². The Balaban J connectivity index is 4.18. The lowest BCUT2D eigenvalue weighted by molar-refractivity contribution is -0.153. The van der Waals surface area contributed by atoms with Gasteiger partial charge in [0.1, 0.15) is 0 Å². The van der Waals surface area contributed by atoms with Crippen LogP contribution < -0.4 is 0 Å². The topological polar surface area (TPSA) is 37.3 Å². The number of thiol groups is 3. The van der Waals surface area contributed by atoms with Gasteiger partial charge in [-0.3, -0.25) is 4.79 Å². The molecule has 1 atom stereocenters. The lowest BCUT2D eigenvalue weighted by atomic mass is 9.68. The molecule has 0 amide bonds. The van der Waals surface area contributed by atoms with Crippen LogP contribution in [0.3, 0.4) is 0 Å². The molecule has 0 aromatic carbocycles. The van der Waals surface area contributed by atoms with Gasteiger partial charge in [0.05, 0.1) is 5.41 Å². The van der Waals surface area contributed by atoms with Crippen molar-refractivity contribution in [2.75, 3.05) is 17.3 Å². The van der Waals surface area contributed by atoms with Crippen molar-refractivity contribution < 1.29 is 9.90 Å². The minimum Gasteiger partial charge on any atom is -0.481 e. The number of unbranched alkanes of at least 4 members (excludes halogenated alkanes) is 9. The van der Waals surface area contributed by atoms with Crippen LogP contribution in [0.1, 0.15) is 103 Å². The van der Waals surface area contributed by atoms with Crippen molar-refractivity contribution in [3.8, 4) is 0 Å². The van der Waals surface area contributed by atoms with Gasteiger partial charge >= 0.3 is 5.97 Å². The minimum atomic E-state index is -0.691. The Bertz CT molecular complexity index is 407. The van der Waals surface area contributed by atoms with Gasteiger partial charge in [0, 0.05) is 0 Å². The number of hydrogen-bond acceptors (Lipinski definition) is 4. The molecule has 2 nitrogen and oxygen atoms in total. The average Bonchev–Trinajstić information content (AvgIpc) is 2.70. The van der Waals surface area contributed by atoms with Gasteiger partial charge < -0.3 is 5.11 Å². The summed E-state index contributed by atoms with van der Waals surface area (Å²) in [6.45, 7) is 2.26. The summed E-state index contributed by atoms with van der Waals surface area (Å²) in [5.41, 5.74) is -0.691. The Labute approximate surface area is 197 Å². The molecule has 0 bridgehead atoms. The highest BCUT2D eigenvalue weighted by molar-refractivity contribution is 7.80. The molecule has 0 aromatic rings. The molecule has 0 aromatic heterocycles. The summed E-state index contributed by atoms with van der Waals surface area (Å²) in [5.74, 6) is 1.43. The Hall–Kier alpha value is 0.260. The second kappa shape index (κ2) is 20.2. The minimum absolute atomic E-state index is 0.167. The highest BCUT2D eigenvalue weighted by Gasteiger charge is 2.43. The smallest absolute Gasteiger partial charge is 0.309 e. The normalized spacial score (nSPS) is 13.2. The fraction of sp³-hybridized carbons (Fsp3) is 0.875. The lowest BCUT2D eigenvalue weighted by Gasteiger charge is -2.37. The van der Waals surface area contributed by atoms with Crippen molar-refractivity contribution in [2.45, 2.75) is 103 Å². The second-order valence-electron chi connectivity index (χ2n) is 8.28. The third kappa shape index (κ3) is 13.3. The van der Waals surface area contributed by atoms with Crippen molar-refractivity contribution in [3.05, 3.63) is 12.2 Å². The zero-order valence-electron chi connectivity index (χ0n) is 18.7. The largest absolute Gasteiger partial charge is 0.481 e. The van der Waals surface area contributed by atoms with Crippen LogP contribution in [0.15, 0.2) is 12.2 Å². The van der Waals surface area contributed by atoms with Gasteiger partial charge in [-0.05, 0) is 74.5 Å². The monoisotopic (exact) mass is 462 g/mol. The summed E-state index contributed by atoms with van der Waals surface area (Å²) in [6, 6.07) is 0. The molecule has 0 saturated carbocycles. The first-order valence-corrected chi connectivity index (χ1v) is 13.7. The third-order valence-corrected chi connectivity index (χ3v) is 6.82. The average molecular weight is 463 g/mol. The molecule has 0 spiro atoms. The van der Waals surface area contributed by atoms with Crippen molar-refractivity contribution >= 4 is 43.9 Å². The first-order chi connectivity index (χ1) is 14.1. The van der Waals surface area contributed by atoms with Gasteiger partial charge in [0.25, 0.3) is 0 Å². The van der Waals surface area contributed by atoms with Crippen LogP contribution in [0.5, 0.6) is 0 Å². The molecule has 0 aliphatic carbocycles. The number of rotatable bonds is 21. The van der Waals surface area contributed by atoms with E-state index >= 15 is 0 Å². The molecule has 0 saturated heterocycles. The zero-order valence-corrected chi connectivity index (χ0v) is 21.3. The molecule has 5 heteroatoms. The van der Waals surface area contributed by atoms with Gasteiger partial charge in [0.2, 0.25) is 0 Å². The van der Waals surface area contributed by atoms with Crippen LogP contribution >= 0.6 is 37.9 Å². The Kier molecular flexibility index (Phi) is 20.4. The van der Waals surface area contributed by atoms with Crippen LogP contribution in [0.25, 0.3) is 0 Å². The quantitative estimate of drug-likeness (QED) is 0.0795. The van der Waals surface area contributed by atoms with Crippen LogP contribution in [0.4, 0.5) is 0 Å². The summed E-state index contributed by atoms with van der Waals surface area (Å²) < 4.78 is 0. The van der Waals surface area contributed by atoms with Crippen molar-refractivity contribution in [1.82, 2.24) is 0 Å². The van der Waals surface area contributed by atoms with Crippen LogP contribution in [0.2, 0.25) is 0 Å². The molecule has 29 heavy (non-hydrogen) atoms. The highest BCUT2D eigenvalue weighted by atomic mass is 32.1. The maximum Gasteiger partial charge on any atom is 0.309 e. The van der Waals surface area contributed by atoms with Crippen LogP contribution in [-0.2, 0) is 4.79 Å². The van der Waals surface area contributed by atoms with E-state index in [4.69, 9.17) is 0 Å². The molecule has 172 valence electrons. The second-order valence-corrected chi connectivity index (χ2v) is 9.63. The van der Waals surface area contributed by atoms with Crippen LogP contribution in [-0.4, -0.2) is 28.3 Å². The summed E-state index contributed by atoms with van der Waals surface area (Å²) in [6.07, 6.45) is 21.7. The number of hydrogen-bond donors (Lipinski definition) is 4. The van der Waals surface area contributed by atoms with Crippen molar-refractivity contribution in [1.29, 1.82) is 0 Å². The fourth-order valence-electron chi connectivity index (χ4n) is 4.28. The molecule has 0 aliphatic rings. The van der Waals surface area contributed by atoms with E-state index in [9.17, 15) is 9.90 Å². The van der Waals surface area contributed by atoms with E-state index in [-0.39, 0.29) is 5.92 Å². The Morgan fingerprint density at radius 1 is 0.793 bits per heavy atom. The number of allylic oxidation sites excluding steroid dienone is 2. The number of carbonyl (C=O) groups is 1. The molecular formula is C24H46O2S3. The van der Waals surface area contributed by atoms with Crippen LogP contribution in [0, 0.1) is 11.3 Å². The van der Waals surface area contributed by atoms with Gasteiger partial charge in [0.15, 0.2) is 0 Å². The molecule has 0 rings (SSSR count). The number of carboxylic acids is 1. The van der Waals surface area contributed by atoms with E-state index in [2.05, 4.69) is 57.0 Å². The summed E-state index contributed by atoms with van der Waals surface area (Å²) in [4.78, 5) is 12.1. The van der Waals surface area contributed by atoms with Gasteiger partial charge in [-0.1, -0.05) is 64.0 Å². The summed E-state index contributed by atoms with van der Waals surface area (Å²) >= 11 is 13.1. The fourth-order valence-corrected chi connectivity index (χ4v) is 5.39. The first-order valence-electron chi connectivity index (χ1n) is 11.8. The molecule has 1 N–H and O–H groups in total. The van der Waals surface area contributed by atoms with E-state index in [1.807, 2.05) is 0 Å². The predicted octanol–water partition coefficient (Wildman–Crippen LogP) is 7.89. The first kappa shape index (κ1) is 29.3. The molecule has 0 radical (unpaired) electrons. The van der Waals surface area contributed by atoms with Gasteiger partial charge in [-0.15, -0.1) is 0 Å². The van der Waals surface area contributed by atoms with E-state index in [0.29, 0.717) is 24.3 Å². The Morgan fingerprint density at radius 3 is 1.79 bits per heavy atom. The standard InChI is InChI=1S/C24H46O2S3/c1-2-3-4-5-6-7-8-9-10-11-12-13-14-15-22(16-19-27)24(17-20-28,18-21-29)23(25)26/h9-10,22,27-29H,2-8,11-21H2,1H3,(H,25,26). The maximum absolute atomic E-state index is 12.1. The van der Waals surface area contributed by atoms with Crippen molar-refractivity contribution in [3.63, 3.8) is 0 Å². The zero-order chi connectivity index (χ0) is 21.8. The molecular weight excluding hydrogens is 416 g/mol. The summed E-state index contributed by atoms with van der Waals surface area (Å²) in [7, 11) is 0. The van der Waals surface area contributed by atoms with Gasteiger partial charge in [-0.25, -0.2) is 0 Å². The lowest BCUT2D eigenvalue weighted by Crippen LogP contribution is -2.40. The maximum atomic E-state index is 12.1. The number of aliphatic carboxylic acids is 1. The molecule has 0 aliphatic heterocycles. The van der Waals surface area contributed by atoms with E-state index in [0.717, 1.165) is 31.4 Å². The molecule has 0 heterocycles. The highest BCUT2D eigenvalue weighted by Crippen LogP contribution is 2.42. The van der Waals surface area contributed by atoms with E-state index in [1.165, 1.54) is 57.8 Å². The third-order valence-electron chi connectivity index (χ3n) is 6.12. The van der Waals surface area contributed by atoms with E-state index in [1.54, 1.807) is 0 Å². The van der Waals surface area contributed by atoms with E-state index < -0.39 is 11.4 Å². The molecule has 0 fully saturated rings.